The van der Waals surface area contributed by atoms with Crippen molar-refractivity contribution >= 4 is 0 Å². The molecule has 0 saturated carbocycles. The van der Waals surface area contributed by atoms with E-state index >= 15 is 0 Å². The van der Waals surface area contributed by atoms with Crippen LogP contribution in [-0.4, -0.2) is 47.2 Å². The number of rotatable bonds is 4. The van der Waals surface area contributed by atoms with Gasteiger partial charge in [-0.1, -0.05) is 6.92 Å². The summed E-state index contributed by atoms with van der Waals surface area (Å²) in [6.45, 7) is 9.81. The summed E-state index contributed by atoms with van der Waals surface area (Å²) in [6, 6.07) is 2.12. The van der Waals surface area contributed by atoms with Crippen molar-refractivity contribution in [3.63, 3.8) is 0 Å². The Morgan fingerprint density at radius 1 is 1.53 bits per heavy atom. The molecule has 0 spiro atoms. The number of hydrogen-bond donors (Lipinski definition) is 1. The monoisotopic (exact) mass is 264 g/mol. The fourth-order valence-corrected chi connectivity index (χ4v) is 2.38. The molecular weight excluding hydrogens is 240 g/mol. The number of aryl methyl sites for hydroxylation is 1. The van der Waals surface area contributed by atoms with Gasteiger partial charge in [-0.05, 0) is 26.5 Å². The molecule has 2 N–H and O–H groups in total. The lowest BCUT2D eigenvalue weighted by molar-refractivity contribution is -0.0327. The highest BCUT2D eigenvalue weighted by Gasteiger charge is 2.23. The Labute approximate surface area is 115 Å². The van der Waals surface area contributed by atoms with Crippen LogP contribution in [0.3, 0.4) is 0 Å². The fraction of sp³-hybridized carbons (Fsp3) is 0.714. The third-order valence-electron chi connectivity index (χ3n) is 3.34. The van der Waals surface area contributed by atoms with E-state index in [4.69, 9.17) is 10.5 Å². The summed E-state index contributed by atoms with van der Waals surface area (Å²) >= 11 is 0. The Balaban J connectivity index is 2.16. The van der Waals surface area contributed by atoms with Crippen molar-refractivity contribution in [2.75, 3.05) is 26.2 Å². The molecule has 0 amide bonds. The van der Waals surface area contributed by atoms with Crippen molar-refractivity contribution < 1.29 is 4.74 Å². The largest absolute Gasteiger partial charge is 0.368 e. The highest BCUT2D eigenvalue weighted by molar-refractivity contribution is 5.13. The molecule has 1 aliphatic rings. The van der Waals surface area contributed by atoms with E-state index in [-0.39, 0.29) is 12.1 Å². The summed E-state index contributed by atoms with van der Waals surface area (Å²) in [5.74, 6) is 0.800. The zero-order valence-electron chi connectivity index (χ0n) is 12.1. The third-order valence-corrected chi connectivity index (χ3v) is 3.34. The normalized spacial score (nSPS) is 22.4. The van der Waals surface area contributed by atoms with Crippen molar-refractivity contribution in [3.8, 4) is 0 Å². The molecule has 2 heterocycles. The van der Waals surface area contributed by atoms with E-state index in [1.54, 1.807) is 0 Å². The molecule has 0 aliphatic carbocycles. The minimum absolute atomic E-state index is 0.0135. The average molecular weight is 264 g/mol. The summed E-state index contributed by atoms with van der Waals surface area (Å²) in [4.78, 5) is 11.5. The topological polar surface area (TPSA) is 64.3 Å². The standard InChI is InChI=1S/C14H24N4O/c1-4-18-5-6-19-13(9-18)14-16-11(3)8-12(17-14)7-10(2)15/h8,10,13H,4-7,9,15H2,1-3H3. The molecule has 5 nitrogen and oxygen atoms in total. The second-order valence-corrected chi connectivity index (χ2v) is 5.29. The minimum atomic E-state index is -0.0135. The van der Waals surface area contributed by atoms with Gasteiger partial charge in [0.1, 0.15) is 6.10 Å². The Bertz CT molecular complexity index is 422. The van der Waals surface area contributed by atoms with Gasteiger partial charge in [-0.2, -0.15) is 0 Å². The van der Waals surface area contributed by atoms with Crippen molar-refractivity contribution in [1.82, 2.24) is 14.9 Å². The second kappa shape index (κ2) is 6.41. The van der Waals surface area contributed by atoms with Gasteiger partial charge in [-0.3, -0.25) is 4.90 Å². The first kappa shape index (κ1) is 14.4. The quantitative estimate of drug-likeness (QED) is 0.881. The Morgan fingerprint density at radius 3 is 3.00 bits per heavy atom. The van der Waals surface area contributed by atoms with Crippen LogP contribution in [0.1, 0.15) is 37.2 Å². The summed E-state index contributed by atoms with van der Waals surface area (Å²) in [7, 11) is 0. The van der Waals surface area contributed by atoms with E-state index in [1.807, 2.05) is 19.9 Å². The molecule has 2 atom stereocenters. The molecule has 1 aromatic heterocycles. The third kappa shape index (κ3) is 3.96. The summed E-state index contributed by atoms with van der Waals surface area (Å²) in [6.07, 6.45) is 0.765. The molecule has 106 valence electrons. The summed E-state index contributed by atoms with van der Waals surface area (Å²) < 4.78 is 5.81. The van der Waals surface area contributed by atoms with Crippen LogP contribution in [0.15, 0.2) is 6.07 Å². The second-order valence-electron chi connectivity index (χ2n) is 5.29. The smallest absolute Gasteiger partial charge is 0.158 e. The molecule has 0 radical (unpaired) electrons. The van der Waals surface area contributed by atoms with Crippen LogP contribution < -0.4 is 5.73 Å². The van der Waals surface area contributed by atoms with Crippen molar-refractivity contribution in [3.05, 3.63) is 23.3 Å². The first-order chi connectivity index (χ1) is 9.08. The summed E-state index contributed by atoms with van der Waals surface area (Å²) in [5, 5.41) is 0. The molecule has 1 fully saturated rings. The van der Waals surface area contributed by atoms with E-state index in [9.17, 15) is 0 Å². The molecule has 19 heavy (non-hydrogen) atoms. The van der Waals surface area contributed by atoms with E-state index < -0.39 is 0 Å². The maximum atomic E-state index is 5.85. The fourth-order valence-electron chi connectivity index (χ4n) is 2.38. The van der Waals surface area contributed by atoms with E-state index in [0.29, 0.717) is 0 Å². The van der Waals surface area contributed by atoms with Crippen LogP contribution in [0, 0.1) is 6.92 Å². The first-order valence-electron chi connectivity index (χ1n) is 7.02. The highest BCUT2D eigenvalue weighted by Crippen LogP contribution is 2.19. The zero-order chi connectivity index (χ0) is 13.8. The lowest BCUT2D eigenvalue weighted by Crippen LogP contribution is -2.38. The number of nitrogens with zero attached hydrogens (tertiary/aromatic N) is 3. The molecule has 5 heteroatoms. The van der Waals surface area contributed by atoms with Crippen LogP contribution >= 0.6 is 0 Å². The van der Waals surface area contributed by atoms with Gasteiger partial charge in [-0.25, -0.2) is 9.97 Å². The van der Waals surface area contributed by atoms with Crippen molar-refractivity contribution in [2.45, 2.75) is 39.3 Å². The lowest BCUT2D eigenvalue weighted by Gasteiger charge is -2.31. The number of ether oxygens (including phenoxy) is 1. The Kier molecular flexibility index (Phi) is 4.85. The summed E-state index contributed by atoms with van der Waals surface area (Å²) in [5.41, 5.74) is 7.84. The first-order valence-corrected chi connectivity index (χ1v) is 7.02. The van der Waals surface area contributed by atoms with Gasteiger partial charge in [0, 0.05) is 36.9 Å². The molecule has 1 aliphatic heterocycles. The van der Waals surface area contributed by atoms with Crippen LogP contribution in [0.4, 0.5) is 0 Å². The van der Waals surface area contributed by atoms with Gasteiger partial charge in [0.25, 0.3) is 0 Å². The predicted octanol–water partition coefficient (Wildman–Crippen LogP) is 1.07. The SMILES string of the molecule is CCN1CCOC(c2nc(C)cc(CC(C)N)n2)C1. The Morgan fingerprint density at radius 2 is 2.32 bits per heavy atom. The predicted molar refractivity (Wildman–Crippen MR) is 74.9 cm³/mol. The maximum absolute atomic E-state index is 5.85. The van der Waals surface area contributed by atoms with E-state index in [1.165, 1.54) is 0 Å². The van der Waals surface area contributed by atoms with Gasteiger partial charge >= 0.3 is 0 Å². The molecule has 1 saturated heterocycles. The Hall–Kier alpha value is -1.04. The van der Waals surface area contributed by atoms with Gasteiger partial charge in [-0.15, -0.1) is 0 Å². The number of hydrogen-bond acceptors (Lipinski definition) is 5. The van der Waals surface area contributed by atoms with Gasteiger partial charge in [0.15, 0.2) is 5.82 Å². The van der Waals surface area contributed by atoms with Crippen LogP contribution in [-0.2, 0) is 11.2 Å². The van der Waals surface area contributed by atoms with E-state index in [2.05, 4.69) is 21.8 Å². The van der Waals surface area contributed by atoms with Gasteiger partial charge < -0.3 is 10.5 Å². The number of likely N-dealkylation sites (N-methyl/N-ethyl adjacent to an activating group) is 1. The number of nitrogens with two attached hydrogens (primary N) is 1. The minimum Gasteiger partial charge on any atom is -0.368 e. The van der Waals surface area contributed by atoms with Crippen LogP contribution in [0.25, 0.3) is 0 Å². The number of morpholine rings is 1. The van der Waals surface area contributed by atoms with Gasteiger partial charge in [0.05, 0.1) is 6.61 Å². The average Bonchev–Trinajstić information content (AvgIpc) is 2.37. The molecule has 0 bridgehead atoms. The molecule has 2 unspecified atom stereocenters. The zero-order valence-corrected chi connectivity index (χ0v) is 12.1. The molecule has 2 rings (SSSR count). The lowest BCUT2D eigenvalue weighted by atomic mass is 10.1. The molecule has 1 aromatic rings. The van der Waals surface area contributed by atoms with Crippen molar-refractivity contribution in [2.24, 2.45) is 5.73 Å². The highest BCUT2D eigenvalue weighted by atomic mass is 16.5. The van der Waals surface area contributed by atoms with Crippen LogP contribution in [0.2, 0.25) is 0 Å². The van der Waals surface area contributed by atoms with Gasteiger partial charge in [0.2, 0.25) is 0 Å². The molecular formula is C14H24N4O. The van der Waals surface area contributed by atoms with E-state index in [0.717, 1.165) is 49.9 Å². The molecule has 0 aromatic carbocycles. The number of aromatic nitrogens is 2. The van der Waals surface area contributed by atoms with Crippen LogP contribution in [0.5, 0.6) is 0 Å². The maximum Gasteiger partial charge on any atom is 0.158 e. The van der Waals surface area contributed by atoms with Crippen molar-refractivity contribution in [1.29, 1.82) is 0 Å².